The van der Waals surface area contributed by atoms with Gasteiger partial charge in [-0.3, -0.25) is 0 Å². The fourth-order valence-corrected chi connectivity index (χ4v) is 2.36. The van der Waals surface area contributed by atoms with Gasteiger partial charge in [-0.15, -0.1) is 0 Å². The zero-order valence-corrected chi connectivity index (χ0v) is 12.5. The molecule has 0 aliphatic heterocycles. The van der Waals surface area contributed by atoms with Gasteiger partial charge in [-0.2, -0.15) is 18.4 Å². The van der Waals surface area contributed by atoms with Crippen molar-refractivity contribution in [1.82, 2.24) is 0 Å². The van der Waals surface area contributed by atoms with Crippen LogP contribution in [0, 0.1) is 18.3 Å². The highest BCUT2D eigenvalue weighted by Gasteiger charge is 2.33. The second-order valence-corrected chi connectivity index (χ2v) is 5.28. The van der Waals surface area contributed by atoms with E-state index in [2.05, 4.69) is 21.2 Å². The molecule has 2 rings (SSSR count). The number of nitrogens with one attached hydrogen (secondary N) is 1. The van der Waals surface area contributed by atoms with Gasteiger partial charge in [0.05, 0.1) is 16.8 Å². The molecular weight excluding hydrogens is 345 g/mol. The standard InChI is InChI=1S/C15H10BrF3N2/c1-9-3-2-4-10(8-20)14(9)21-11-5-6-13(16)12(7-11)15(17,18)19/h2-7,21H,1H3. The lowest BCUT2D eigenvalue weighted by Gasteiger charge is -2.14. The number of hydrogen-bond acceptors (Lipinski definition) is 2. The van der Waals surface area contributed by atoms with Crippen LogP contribution in [0.4, 0.5) is 24.5 Å². The van der Waals surface area contributed by atoms with Crippen molar-refractivity contribution in [3.63, 3.8) is 0 Å². The molecule has 0 aliphatic rings. The smallest absolute Gasteiger partial charge is 0.354 e. The first-order chi connectivity index (χ1) is 9.82. The highest BCUT2D eigenvalue weighted by atomic mass is 79.9. The molecule has 2 nitrogen and oxygen atoms in total. The molecule has 0 atom stereocenters. The first kappa shape index (κ1) is 15.4. The summed E-state index contributed by atoms with van der Waals surface area (Å²) in [6, 6.07) is 11.0. The van der Waals surface area contributed by atoms with Crippen LogP contribution < -0.4 is 5.32 Å². The summed E-state index contributed by atoms with van der Waals surface area (Å²) in [7, 11) is 0. The van der Waals surface area contributed by atoms with Crippen molar-refractivity contribution in [2.75, 3.05) is 5.32 Å². The Kier molecular flexibility index (Phi) is 4.24. The number of hydrogen-bond donors (Lipinski definition) is 1. The second-order valence-electron chi connectivity index (χ2n) is 4.43. The van der Waals surface area contributed by atoms with Crippen LogP contribution in [0.15, 0.2) is 40.9 Å². The number of nitrogens with zero attached hydrogens (tertiary/aromatic N) is 1. The van der Waals surface area contributed by atoms with Crippen LogP contribution in [0.25, 0.3) is 0 Å². The van der Waals surface area contributed by atoms with Crippen molar-refractivity contribution in [2.24, 2.45) is 0 Å². The van der Waals surface area contributed by atoms with Gasteiger partial charge in [-0.1, -0.05) is 28.1 Å². The SMILES string of the molecule is Cc1cccc(C#N)c1Nc1ccc(Br)c(C(F)(F)F)c1. The van der Waals surface area contributed by atoms with Crippen molar-refractivity contribution in [3.8, 4) is 6.07 Å². The molecule has 0 saturated heterocycles. The number of alkyl halides is 3. The summed E-state index contributed by atoms with van der Waals surface area (Å²) in [5.41, 5.74) is 1.18. The molecule has 21 heavy (non-hydrogen) atoms. The van der Waals surface area contributed by atoms with Crippen molar-refractivity contribution in [2.45, 2.75) is 13.1 Å². The van der Waals surface area contributed by atoms with Crippen molar-refractivity contribution >= 4 is 27.3 Å². The average molecular weight is 355 g/mol. The second kappa shape index (κ2) is 5.78. The summed E-state index contributed by atoms with van der Waals surface area (Å²) in [6.07, 6.45) is -4.44. The quantitative estimate of drug-likeness (QED) is 0.784. The van der Waals surface area contributed by atoms with Crippen LogP contribution in [0.1, 0.15) is 16.7 Å². The van der Waals surface area contributed by atoms with Gasteiger partial charge in [0, 0.05) is 10.2 Å². The molecule has 0 aliphatic carbocycles. The largest absolute Gasteiger partial charge is 0.417 e. The summed E-state index contributed by atoms with van der Waals surface area (Å²) in [6.45, 7) is 1.78. The summed E-state index contributed by atoms with van der Waals surface area (Å²) >= 11 is 2.89. The van der Waals surface area contributed by atoms with Gasteiger partial charge in [0.15, 0.2) is 0 Å². The molecule has 108 valence electrons. The molecule has 0 bridgehead atoms. The van der Waals surface area contributed by atoms with Crippen LogP contribution in [-0.2, 0) is 6.18 Å². The van der Waals surface area contributed by atoms with Crippen LogP contribution in [-0.4, -0.2) is 0 Å². The summed E-state index contributed by atoms with van der Waals surface area (Å²) in [5, 5.41) is 12.0. The third-order valence-corrected chi connectivity index (χ3v) is 3.63. The number of rotatable bonds is 2. The maximum absolute atomic E-state index is 12.9. The molecule has 0 aromatic heterocycles. The molecule has 0 radical (unpaired) electrons. The van der Waals surface area contributed by atoms with Gasteiger partial charge in [0.1, 0.15) is 6.07 Å². The van der Waals surface area contributed by atoms with E-state index in [4.69, 9.17) is 5.26 Å². The van der Waals surface area contributed by atoms with Gasteiger partial charge >= 0.3 is 6.18 Å². The number of para-hydroxylation sites is 1. The molecule has 1 N–H and O–H groups in total. The molecule has 2 aromatic carbocycles. The normalized spacial score (nSPS) is 11.0. The highest BCUT2D eigenvalue weighted by molar-refractivity contribution is 9.10. The van der Waals surface area contributed by atoms with Gasteiger partial charge in [-0.25, -0.2) is 0 Å². The van der Waals surface area contributed by atoms with Crippen LogP contribution in [0.2, 0.25) is 0 Å². The third kappa shape index (κ3) is 3.37. The lowest BCUT2D eigenvalue weighted by molar-refractivity contribution is -0.138. The Labute approximate surface area is 128 Å². The predicted octanol–water partition coefficient (Wildman–Crippen LogP) is 5.39. The highest BCUT2D eigenvalue weighted by Crippen LogP contribution is 2.37. The topological polar surface area (TPSA) is 35.8 Å². The lowest BCUT2D eigenvalue weighted by Crippen LogP contribution is -2.07. The van der Waals surface area contributed by atoms with E-state index in [-0.39, 0.29) is 10.2 Å². The monoisotopic (exact) mass is 354 g/mol. The van der Waals surface area contributed by atoms with E-state index in [1.807, 2.05) is 6.07 Å². The van der Waals surface area contributed by atoms with Gasteiger partial charge in [0.2, 0.25) is 0 Å². The van der Waals surface area contributed by atoms with Gasteiger partial charge in [0.25, 0.3) is 0 Å². The van der Waals surface area contributed by atoms with E-state index in [0.29, 0.717) is 11.3 Å². The first-order valence-electron chi connectivity index (χ1n) is 5.96. The molecule has 0 spiro atoms. The van der Waals surface area contributed by atoms with E-state index in [9.17, 15) is 13.2 Å². The lowest BCUT2D eigenvalue weighted by atomic mass is 10.1. The minimum Gasteiger partial charge on any atom is -0.354 e. The zero-order valence-electron chi connectivity index (χ0n) is 10.9. The Morgan fingerprint density at radius 2 is 1.90 bits per heavy atom. The number of aryl methyl sites for hydroxylation is 1. The molecule has 2 aromatic rings. The fourth-order valence-electron chi connectivity index (χ4n) is 1.89. The van der Waals surface area contributed by atoms with E-state index in [0.717, 1.165) is 11.6 Å². The molecule has 0 amide bonds. The molecular formula is C15H10BrF3N2. The summed E-state index contributed by atoms with van der Waals surface area (Å²) < 4.78 is 38.6. The minimum atomic E-state index is -4.44. The Morgan fingerprint density at radius 3 is 2.52 bits per heavy atom. The Hall–Kier alpha value is -2.00. The Morgan fingerprint density at radius 1 is 1.19 bits per heavy atom. The average Bonchev–Trinajstić information content (AvgIpc) is 2.41. The van der Waals surface area contributed by atoms with Gasteiger partial charge < -0.3 is 5.32 Å². The van der Waals surface area contributed by atoms with Crippen molar-refractivity contribution in [3.05, 3.63) is 57.6 Å². The molecule has 0 heterocycles. The first-order valence-corrected chi connectivity index (χ1v) is 6.75. The van der Waals surface area contributed by atoms with Crippen LogP contribution in [0.5, 0.6) is 0 Å². The maximum Gasteiger partial charge on any atom is 0.417 e. The van der Waals surface area contributed by atoms with Crippen molar-refractivity contribution < 1.29 is 13.2 Å². The number of benzene rings is 2. The van der Waals surface area contributed by atoms with Crippen molar-refractivity contribution in [1.29, 1.82) is 5.26 Å². The van der Waals surface area contributed by atoms with E-state index in [1.54, 1.807) is 25.1 Å². The Bertz CT molecular complexity index is 718. The molecule has 6 heteroatoms. The predicted molar refractivity (Wildman–Crippen MR) is 78.3 cm³/mol. The van der Waals surface area contributed by atoms with Gasteiger partial charge in [-0.05, 0) is 36.8 Å². The molecule has 0 unspecified atom stereocenters. The van der Waals surface area contributed by atoms with Crippen LogP contribution >= 0.6 is 15.9 Å². The van der Waals surface area contributed by atoms with E-state index >= 15 is 0 Å². The Balaban J connectivity index is 2.45. The number of nitriles is 1. The van der Waals surface area contributed by atoms with E-state index < -0.39 is 11.7 Å². The fraction of sp³-hybridized carbons (Fsp3) is 0.133. The molecule has 0 saturated carbocycles. The number of halogens is 4. The zero-order chi connectivity index (χ0) is 15.6. The van der Waals surface area contributed by atoms with E-state index in [1.165, 1.54) is 12.1 Å². The maximum atomic E-state index is 12.9. The summed E-state index contributed by atoms with van der Waals surface area (Å²) in [5.74, 6) is 0. The number of anilines is 2. The summed E-state index contributed by atoms with van der Waals surface area (Å²) in [4.78, 5) is 0. The molecule has 0 fully saturated rings. The van der Waals surface area contributed by atoms with Crippen LogP contribution in [0.3, 0.4) is 0 Å². The minimum absolute atomic E-state index is 0.0224. The third-order valence-electron chi connectivity index (χ3n) is 2.93.